The van der Waals surface area contributed by atoms with Gasteiger partial charge in [-0.1, -0.05) is 38.3 Å². The molecule has 8 heteroatoms. The zero-order valence-electron chi connectivity index (χ0n) is 20.9. The van der Waals surface area contributed by atoms with Gasteiger partial charge in [0.2, 0.25) is 0 Å². The van der Waals surface area contributed by atoms with Crippen LogP contribution in [0.3, 0.4) is 0 Å². The Morgan fingerprint density at radius 2 is 1.97 bits per heavy atom. The molecule has 1 aromatic carbocycles. The molecule has 2 aliphatic carbocycles. The molecule has 1 saturated carbocycles. The number of carbonyl (C=O) groups is 2. The van der Waals surface area contributed by atoms with Crippen molar-refractivity contribution >= 4 is 12.1 Å². The number of hydrogen-bond donors (Lipinski definition) is 2. The number of benzene rings is 1. The molecule has 0 amide bonds. The van der Waals surface area contributed by atoms with Gasteiger partial charge < -0.3 is 29.2 Å². The standard InChI is InChI=1S/C27H40O8/c1-3-4-5-8-20(28)10-11-21-22-14-18-7-6-9-24(34-17-26(29)30)23(18)15-19(22)16-25(21)35-27(31)33-13-12-32-2/h6-7,9,19-22,25,28H,3-5,8,10-17H2,1-2H3,(H,29,30)/t19-,20-,21+,22-,25+/m0/s1. The van der Waals surface area contributed by atoms with Crippen molar-refractivity contribution in [1.82, 2.24) is 0 Å². The van der Waals surface area contributed by atoms with Gasteiger partial charge in [-0.15, -0.1) is 0 Å². The minimum Gasteiger partial charge on any atom is -0.482 e. The molecule has 3 rings (SSSR count). The van der Waals surface area contributed by atoms with Crippen LogP contribution >= 0.6 is 0 Å². The topological polar surface area (TPSA) is 112 Å². The van der Waals surface area contributed by atoms with Crippen LogP contribution in [0.4, 0.5) is 4.79 Å². The van der Waals surface area contributed by atoms with Crippen molar-refractivity contribution in [2.75, 3.05) is 26.9 Å². The van der Waals surface area contributed by atoms with Crippen molar-refractivity contribution in [3.8, 4) is 5.75 Å². The molecular formula is C27H40O8. The summed E-state index contributed by atoms with van der Waals surface area (Å²) in [4.78, 5) is 23.3. The highest BCUT2D eigenvalue weighted by Gasteiger charge is 2.47. The normalized spacial score (nSPS) is 23.7. The van der Waals surface area contributed by atoms with Crippen LogP contribution in [0.15, 0.2) is 18.2 Å². The van der Waals surface area contributed by atoms with Crippen LogP contribution in [0.1, 0.15) is 63.0 Å². The first-order chi connectivity index (χ1) is 16.9. The third-order valence-corrected chi connectivity index (χ3v) is 7.40. The number of methoxy groups -OCH3 is 1. The van der Waals surface area contributed by atoms with Gasteiger partial charge in [0, 0.05) is 7.11 Å². The molecule has 1 fully saturated rings. The molecule has 0 unspecified atom stereocenters. The fourth-order valence-corrected chi connectivity index (χ4v) is 5.71. The average molecular weight is 493 g/mol. The Labute approximate surface area is 207 Å². The molecule has 5 atom stereocenters. The Bertz CT molecular complexity index is 825. The second kappa shape index (κ2) is 13.7. The van der Waals surface area contributed by atoms with Crippen molar-refractivity contribution in [1.29, 1.82) is 0 Å². The lowest BCUT2D eigenvalue weighted by Crippen LogP contribution is -2.30. The fourth-order valence-electron chi connectivity index (χ4n) is 5.71. The molecule has 0 heterocycles. The summed E-state index contributed by atoms with van der Waals surface area (Å²) in [6, 6.07) is 5.80. The molecule has 0 radical (unpaired) electrons. The largest absolute Gasteiger partial charge is 0.508 e. The molecule has 35 heavy (non-hydrogen) atoms. The quantitative estimate of drug-likeness (QED) is 0.291. The maximum atomic E-state index is 12.3. The predicted octanol–water partition coefficient (Wildman–Crippen LogP) is 4.39. The Morgan fingerprint density at radius 3 is 2.71 bits per heavy atom. The molecule has 2 N–H and O–H groups in total. The number of rotatable bonds is 14. The van der Waals surface area contributed by atoms with E-state index in [1.54, 1.807) is 7.11 Å². The number of aliphatic hydroxyl groups is 1. The molecule has 0 aromatic heterocycles. The second-order valence-electron chi connectivity index (χ2n) is 9.78. The number of carboxylic acid groups (broad SMARTS) is 1. The molecule has 0 bridgehead atoms. The van der Waals surface area contributed by atoms with Crippen LogP contribution in [-0.4, -0.2) is 61.5 Å². The van der Waals surface area contributed by atoms with E-state index in [1.807, 2.05) is 12.1 Å². The number of hydrogen-bond acceptors (Lipinski definition) is 7. The summed E-state index contributed by atoms with van der Waals surface area (Å²) in [5, 5.41) is 19.5. The number of unbranched alkanes of at least 4 members (excludes halogenated alkanes) is 2. The maximum Gasteiger partial charge on any atom is 0.508 e. The van der Waals surface area contributed by atoms with E-state index in [4.69, 9.17) is 24.1 Å². The molecule has 0 saturated heterocycles. The van der Waals surface area contributed by atoms with E-state index in [1.165, 1.54) is 0 Å². The van der Waals surface area contributed by atoms with Gasteiger partial charge in [-0.05, 0) is 73.5 Å². The van der Waals surface area contributed by atoms with E-state index >= 15 is 0 Å². The van der Waals surface area contributed by atoms with E-state index in [0.29, 0.717) is 31.1 Å². The van der Waals surface area contributed by atoms with E-state index in [2.05, 4.69) is 13.0 Å². The van der Waals surface area contributed by atoms with Crippen LogP contribution in [0.25, 0.3) is 0 Å². The Hall–Kier alpha value is -2.32. The molecule has 0 aliphatic heterocycles. The van der Waals surface area contributed by atoms with Gasteiger partial charge in [0.05, 0.1) is 12.7 Å². The maximum absolute atomic E-state index is 12.3. The highest BCUT2D eigenvalue weighted by molar-refractivity contribution is 5.68. The summed E-state index contributed by atoms with van der Waals surface area (Å²) in [5.74, 6) is 0.352. The zero-order valence-corrected chi connectivity index (χ0v) is 20.9. The lowest BCUT2D eigenvalue weighted by atomic mass is 9.73. The third-order valence-electron chi connectivity index (χ3n) is 7.40. The Morgan fingerprint density at radius 1 is 1.14 bits per heavy atom. The number of aliphatic hydroxyl groups excluding tert-OH is 1. The Kier molecular flexibility index (Phi) is 10.7. The van der Waals surface area contributed by atoms with Crippen LogP contribution in [-0.2, 0) is 31.8 Å². The first-order valence-corrected chi connectivity index (χ1v) is 12.9. The summed E-state index contributed by atoms with van der Waals surface area (Å²) in [6.07, 6.45) is 6.52. The van der Waals surface area contributed by atoms with Gasteiger partial charge >= 0.3 is 12.1 Å². The second-order valence-corrected chi connectivity index (χ2v) is 9.78. The third kappa shape index (κ3) is 7.84. The summed E-state index contributed by atoms with van der Waals surface area (Å²) in [5.41, 5.74) is 2.21. The Balaban J connectivity index is 1.71. The van der Waals surface area contributed by atoms with Gasteiger partial charge in [0.1, 0.15) is 18.5 Å². The van der Waals surface area contributed by atoms with Crippen molar-refractivity contribution in [3.05, 3.63) is 29.3 Å². The van der Waals surface area contributed by atoms with E-state index in [-0.39, 0.29) is 37.3 Å². The van der Waals surface area contributed by atoms with Gasteiger partial charge in [-0.3, -0.25) is 0 Å². The summed E-state index contributed by atoms with van der Waals surface area (Å²) < 4.78 is 21.5. The summed E-state index contributed by atoms with van der Waals surface area (Å²) in [6.45, 7) is 2.23. The van der Waals surface area contributed by atoms with Crippen molar-refractivity contribution in [2.45, 2.75) is 76.9 Å². The van der Waals surface area contributed by atoms with Crippen molar-refractivity contribution in [3.63, 3.8) is 0 Å². The van der Waals surface area contributed by atoms with Crippen molar-refractivity contribution < 1.29 is 38.7 Å². The lowest BCUT2D eigenvalue weighted by Gasteiger charge is -2.32. The monoisotopic (exact) mass is 492 g/mol. The smallest absolute Gasteiger partial charge is 0.482 e. The molecule has 8 nitrogen and oxygen atoms in total. The number of carbonyl (C=O) groups excluding carboxylic acids is 1. The SMILES string of the molecule is CCCCC[C@H](O)CC[C@@H]1[C@H]2Cc3cccc(OCC(=O)O)c3C[C@H]2C[C@H]1OC(=O)OCCOC. The van der Waals surface area contributed by atoms with Crippen molar-refractivity contribution in [2.24, 2.45) is 17.8 Å². The van der Waals surface area contributed by atoms with Gasteiger partial charge in [-0.2, -0.15) is 0 Å². The van der Waals surface area contributed by atoms with E-state index < -0.39 is 12.1 Å². The van der Waals surface area contributed by atoms with E-state index in [9.17, 15) is 14.7 Å². The number of aliphatic carboxylic acids is 1. The predicted molar refractivity (Wildman–Crippen MR) is 130 cm³/mol. The molecule has 0 spiro atoms. The number of fused-ring (bicyclic) bond motifs is 2. The van der Waals surface area contributed by atoms with Gasteiger partial charge in [-0.25, -0.2) is 9.59 Å². The molecular weight excluding hydrogens is 452 g/mol. The molecule has 2 aliphatic rings. The highest BCUT2D eigenvalue weighted by atomic mass is 16.7. The summed E-state index contributed by atoms with van der Waals surface area (Å²) in [7, 11) is 1.55. The number of ether oxygens (including phenoxy) is 4. The van der Waals surface area contributed by atoms with Crippen LogP contribution in [0, 0.1) is 17.8 Å². The fraction of sp³-hybridized carbons (Fsp3) is 0.704. The highest BCUT2D eigenvalue weighted by Crippen LogP contribution is 2.49. The lowest BCUT2D eigenvalue weighted by molar-refractivity contribution is -0.139. The van der Waals surface area contributed by atoms with Gasteiger partial charge in [0.15, 0.2) is 6.61 Å². The van der Waals surface area contributed by atoms with Crippen LogP contribution < -0.4 is 4.74 Å². The van der Waals surface area contributed by atoms with E-state index in [0.717, 1.165) is 56.1 Å². The first kappa shape index (κ1) is 27.3. The molecule has 1 aromatic rings. The van der Waals surface area contributed by atoms with Gasteiger partial charge in [0.25, 0.3) is 0 Å². The minimum absolute atomic E-state index is 0.132. The zero-order chi connectivity index (χ0) is 25.2. The summed E-state index contributed by atoms with van der Waals surface area (Å²) >= 11 is 0. The molecule has 196 valence electrons. The first-order valence-electron chi connectivity index (χ1n) is 12.9. The minimum atomic E-state index is -1.00. The average Bonchev–Trinajstić information content (AvgIpc) is 3.15. The van der Waals surface area contributed by atoms with Crippen LogP contribution in [0.5, 0.6) is 5.75 Å². The number of carboxylic acids is 1. The van der Waals surface area contributed by atoms with Crippen LogP contribution in [0.2, 0.25) is 0 Å².